The van der Waals surface area contributed by atoms with Gasteiger partial charge in [-0.2, -0.15) is 0 Å². The Kier molecular flexibility index (Phi) is 5.09. The molecule has 1 saturated heterocycles. The van der Waals surface area contributed by atoms with E-state index < -0.39 is 0 Å². The molecule has 4 rings (SSSR count). The minimum Gasteiger partial charge on any atom is -0.497 e. The highest BCUT2D eigenvalue weighted by Gasteiger charge is 2.37. The first-order chi connectivity index (χ1) is 13.2. The van der Waals surface area contributed by atoms with E-state index in [1.165, 1.54) is 12.8 Å². The molecule has 0 bridgehead atoms. The third-order valence-corrected chi connectivity index (χ3v) is 5.24. The molecule has 7 nitrogen and oxygen atoms in total. The molecule has 0 spiro atoms. The fourth-order valence-electron chi connectivity index (χ4n) is 3.71. The number of hydrogen-bond acceptors (Lipinski definition) is 5. The van der Waals surface area contributed by atoms with Crippen LogP contribution in [0.5, 0.6) is 5.75 Å². The van der Waals surface area contributed by atoms with Gasteiger partial charge in [-0.3, -0.25) is 0 Å². The molecule has 1 aromatic heterocycles. The van der Waals surface area contributed by atoms with Crippen LogP contribution in [0.4, 0.5) is 16.3 Å². The molecule has 1 saturated carbocycles. The summed E-state index contributed by atoms with van der Waals surface area (Å²) in [6, 6.07) is 10.4. The van der Waals surface area contributed by atoms with Crippen LogP contribution >= 0.6 is 0 Å². The second kappa shape index (κ2) is 7.82. The van der Waals surface area contributed by atoms with Gasteiger partial charge in [0.2, 0.25) is 0 Å². The lowest BCUT2D eigenvalue weighted by atomic mass is 10.0. The van der Waals surface area contributed by atoms with Gasteiger partial charge in [-0.1, -0.05) is 6.07 Å². The molecular formula is C20H25N5O2. The van der Waals surface area contributed by atoms with E-state index in [1.807, 2.05) is 35.2 Å². The second-order valence-corrected chi connectivity index (χ2v) is 7.09. The number of nitrogens with zero attached hydrogens (tertiary/aromatic N) is 4. The maximum atomic E-state index is 12.6. The zero-order chi connectivity index (χ0) is 18.6. The standard InChI is InChI=1S/C20H25N5O2/c1-27-18-4-2-3-15(13-18)23-20(26)24-11-8-17(9-12-24)25(16-5-6-16)19-7-10-21-14-22-19/h2-4,7,10,13-14,16-17H,5-6,8-9,11-12H2,1H3,(H,23,26). The number of benzene rings is 1. The summed E-state index contributed by atoms with van der Waals surface area (Å²) in [7, 11) is 1.62. The van der Waals surface area contributed by atoms with Crippen LogP contribution in [0.15, 0.2) is 42.9 Å². The molecule has 0 radical (unpaired) electrons. The molecule has 1 aromatic carbocycles. The quantitative estimate of drug-likeness (QED) is 0.879. The average Bonchev–Trinajstić information content (AvgIpc) is 3.55. The number of ether oxygens (including phenoxy) is 1. The lowest BCUT2D eigenvalue weighted by Gasteiger charge is -2.39. The third-order valence-electron chi connectivity index (χ3n) is 5.24. The summed E-state index contributed by atoms with van der Waals surface area (Å²) in [5, 5.41) is 2.97. The van der Waals surface area contributed by atoms with Crippen LogP contribution in [0.1, 0.15) is 25.7 Å². The molecule has 2 fully saturated rings. The monoisotopic (exact) mass is 367 g/mol. The van der Waals surface area contributed by atoms with Gasteiger partial charge in [-0.05, 0) is 43.9 Å². The van der Waals surface area contributed by atoms with E-state index in [4.69, 9.17) is 4.74 Å². The summed E-state index contributed by atoms with van der Waals surface area (Å²) in [5.41, 5.74) is 0.752. The molecule has 1 aliphatic carbocycles. The Morgan fingerprint density at radius 3 is 2.63 bits per heavy atom. The number of hydrogen-bond donors (Lipinski definition) is 1. The number of likely N-dealkylation sites (tertiary alicyclic amines) is 1. The normalized spacial score (nSPS) is 17.4. The fraction of sp³-hybridized carbons (Fsp3) is 0.450. The number of amides is 2. The second-order valence-electron chi connectivity index (χ2n) is 7.09. The summed E-state index contributed by atoms with van der Waals surface area (Å²) in [4.78, 5) is 25.4. The Morgan fingerprint density at radius 1 is 1.19 bits per heavy atom. The van der Waals surface area contributed by atoms with Gasteiger partial charge in [-0.25, -0.2) is 14.8 Å². The Labute approximate surface area is 159 Å². The molecule has 0 atom stereocenters. The number of anilines is 2. The van der Waals surface area contributed by atoms with Gasteiger partial charge < -0.3 is 19.9 Å². The summed E-state index contributed by atoms with van der Waals surface area (Å²) < 4.78 is 5.21. The maximum absolute atomic E-state index is 12.6. The zero-order valence-corrected chi connectivity index (χ0v) is 15.5. The van der Waals surface area contributed by atoms with E-state index in [9.17, 15) is 4.79 Å². The van der Waals surface area contributed by atoms with E-state index in [-0.39, 0.29) is 6.03 Å². The number of urea groups is 1. The van der Waals surface area contributed by atoms with E-state index in [0.29, 0.717) is 12.1 Å². The highest BCUT2D eigenvalue weighted by Crippen LogP contribution is 2.35. The van der Waals surface area contributed by atoms with Gasteiger partial charge in [-0.15, -0.1) is 0 Å². The number of methoxy groups -OCH3 is 1. The molecular weight excluding hydrogens is 342 g/mol. The average molecular weight is 367 g/mol. The first-order valence-corrected chi connectivity index (χ1v) is 9.49. The molecule has 0 unspecified atom stereocenters. The number of aromatic nitrogens is 2. The van der Waals surface area contributed by atoms with Crippen LogP contribution in [0.2, 0.25) is 0 Å². The highest BCUT2D eigenvalue weighted by molar-refractivity contribution is 5.89. The zero-order valence-electron chi connectivity index (χ0n) is 15.5. The van der Waals surface area contributed by atoms with Gasteiger partial charge in [0.05, 0.1) is 7.11 Å². The molecule has 142 valence electrons. The van der Waals surface area contributed by atoms with Crippen molar-refractivity contribution in [1.82, 2.24) is 14.9 Å². The van der Waals surface area contributed by atoms with Gasteiger partial charge in [0.15, 0.2) is 0 Å². The first-order valence-electron chi connectivity index (χ1n) is 9.49. The van der Waals surface area contributed by atoms with Gasteiger partial charge in [0, 0.05) is 43.1 Å². The van der Waals surface area contributed by atoms with Crippen LogP contribution in [0.3, 0.4) is 0 Å². The van der Waals surface area contributed by atoms with Crippen molar-refractivity contribution in [2.45, 2.75) is 37.8 Å². The lowest BCUT2D eigenvalue weighted by Crippen LogP contribution is -2.49. The van der Waals surface area contributed by atoms with Crippen molar-refractivity contribution in [1.29, 1.82) is 0 Å². The molecule has 2 heterocycles. The van der Waals surface area contributed by atoms with Crippen LogP contribution in [-0.2, 0) is 0 Å². The van der Waals surface area contributed by atoms with Gasteiger partial charge in [0.25, 0.3) is 0 Å². The number of nitrogens with one attached hydrogen (secondary N) is 1. The molecule has 2 amide bonds. The topological polar surface area (TPSA) is 70.6 Å². The first kappa shape index (κ1) is 17.6. The summed E-state index contributed by atoms with van der Waals surface area (Å²) in [5.74, 6) is 1.74. The molecule has 1 aliphatic heterocycles. The number of rotatable bonds is 5. The minimum atomic E-state index is -0.0540. The highest BCUT2D eigenvalue weighted by atomic mass is 16.5. The smallest absolute Gasteiger partial charge is 0.321 e. The van der Waals surface area contributed by atoms with Crippen LogP contribution in [0.25, 0.3) is 0 Å². The van der Waals surface area contributed by atoms with E-state index in [2.05, 4.69) is 20.2 Å². The van der Waals surface area contributed by atoms with Gasteiger partial charge >= 0.3 is 6.03 Å². The Hall–Kier alpha value is -2.83. The Bertz CT molecular complexity index is 773. The maximum Gasteiger partial charge on any atom is 0.321 e. The van der Waals surface area contributed by atoms with E-state index >= 15 is 0 Å². The van der Waals surface area contributed by atoms with Crippen LogP contribution in [-0.4, -0.2) is 53.2 Å². The largest absolute Gasteiger partial charge is 0.497 e. The molecule has 7 heteroatoms. The van der Waals surface area contributed by atoms with Crippen molar-refractivity contribution in [3.8, 4) is 5.75 Å². The molecule has 2 aliphatic rings. The fourth-order valence-corrected chi connectivity index (χ4v) is 3.71. The minimum absolute atomic E-state index is 0.0540. The van der Waals surface area contributed by atoms with Crippen LogP contribution in [0, 0.1) is 0 Å². The van der Waals surface area contributed by atoms with Crippen molar-refractivity contribution >= 4 is 17.5 Å². The Morgan fingerprint density at radius 2 is 1.96 bits per heavy atom. The SMILES string of the molecule is COc1cccc(NC(=O)N2CCC(N(c3ccncn3)C3CC3)CC2)c1. The van der Waals surface area contributed by atoms with Crippen molar-refractivity contribution in [2.24, 2.45) is 0 Å². The number of carbonyl (C=O) groups excluding carboxylic acids is 1. The Balaban J connectivity index is 1.36. The number of carbonyl (C=O) groups is 1. The van der Waals surface area contributed by atoms with E-state index in [1.54, 1.807) is 19.6 Å². The summed E-state index contributed by atoms with van der Waals surface area (Å²) in [6.45, 7) is 1.49. The third kappa shape index (κ3) is 4.13. The van der Waals surface area contributed by atoms with Crippen molar-refractivity contribution in [3.05, 3.63) is 42.9 Å². The van der Waals surface area contributed by atoms with Crippen molar-refractivity contribution < 1.29 is 9.53 Å². The van der Waals surface area contributed by atoms with Crippen molar-refractivity contribution in [2.75, 3.05) is 30.4 Å². The predicted octanol–water partition coefficient (Wildman–Crippen LogP) is 3.15. The predicted molar refractivity (Wildman–Crippen MR) is 104 cm³/mol. The van der Waals surface area contributed by atoms with Gasteiger partial charge in [0.1, 0.15) is 17.9 Å². The molecule has 27 heavy (non-hydrogen) atoms. The summed E-state index contributed by atoms with van der Waals surface area (Å²) in [6.07, 6.45) is 7.76. The van der Waals surface area contributed by atoms with Crippen molar-refractivity contribution in [3.63, 3.8) is 0 Å². The van der Waals surface area contributed by atoms with E-state index in [0.717, 1.165) is 43.2 Å². The molecule has 1 N–H and O–H groups in total. The molecule has 2 aromatic rings. The lowest BCUT2D eigenvalue weighted by molar-refractivity contribution is 0.193. The number of piperidine rings is 1. The summed E-state index contributed by atoms with van der Waals surface area (Å²) >= 11 is 0. The van der Waals surface area contributed by atoms with Crippen LogP contribution < -0.4 is 15.0 Å².